The molecule has 1 saturated heterocycles. The normalized spacial score (nSPS) is 41.3. The summed E-state index contributed by atoms with van der Waals surface area (Å²) in [6.45, 7) is 1.40. The van der Waals surface area contributed by atoms with Gasteiger partial charge in [0, 0.05) is 12.3 Å². The van der Waals surface area contributed by atoms with Crippen LogP contribution in [-0.4, -0.2) is 32.1 Å². The second-order valence-electron chi connectivity index (χ2n) is 4.77. The molecule has 3 aliphatic rings. The highest BCUT2D eigenvalue weighted by Gasteiger charge is 2.60. The maximum Gasteiger partial charge on any atom is 0.308 e. The van der Waals surface area contributed by atoms with Crippen LogP contribution in [0, 0.1) is 17.8 Å². The summed E-state index contributed by atoms with van der Waals surface area (Å²) in [4.78, 5) is 11.5. The van der Waals surface area contributed by atoms with E-state index in [-0.39, 0.29) is 17.7 Å². The van der Waals surface area contributed by atoms with E-state index >= 15 is 0 Å². The van der Waals surface area contributed by atoms with E-state index in [1.807, 2.05) is 0 Å². The van der Waals surface area contributed by atoms with Crippen molar-refractivity contribution in [1.82, 2.24) is 0 Å². The molecule has 1 aliphatic heterocycles. The summed E-state index contributed by atoms with van der Waals surface area (Å²) in [6.07, 6.45) is 2.80. The molecular weight excluding hydrogens is 196 g/mol. The molecule has 4 nitrogen and oxygen atoms in total. The highest BCUT2D eigenvalue weighted by molar-refractivity contribution is 5.73. The summed E-state index contributed by atoms with van der Waals surface area (Å²) in [5.41, 5.74) is 0. The number of carbonyl (C=O) groups excluding carboxylic acids is 1. The van der Waals surface area contributed by atoms with Crippen LogP contribution in [0.2, 0.25) is 0 Å². The first-order valence-corrected chi connectivity index (χ1v) is 5.61. The van der Waals surface area contributed by atoms with Crippen molar-refractivity contribution in [1.29, 1.82) is 0 Å². The van der Waals surface area contributed by atoms with E-state index in [0.29, 0.717) is 25.0 Å². The molecule has 2 aliphatic carbocycles. The summed E-state index contributed by atoms with van der Waals surface area (Å²) >= 11 is 0. The zero-order valence-electron chi connectivity index (χ0n) is 8.90. The van der Waals surface area contributed by atoms with Gasteiger partial charge in [-0.1, -0.05) is 0 Å². The number of carbonyl (C=O) groups is 1. The Balaban J connectivity index is 1.74. The molecule has 3 atom stereocenters. The molecule has 0 aromatic rings. The van der Waals surface area contributed by atoms with Crippen LogP contribution in [0.4, 0.5) is 0 Å². The van der Waals surface area contributed by atoms with Crippen LogP contribution in [0.5, 0.6) is 0 Å². The van der Waals surface area contributed by atoms with Gasteiger partial charge >= 0.3 is 5.97 Å². The summed E-state index contributed by atoms with van der Waals surface area (Å²) in [5, 5.41) is 0. The van der Waals surface area contributed by atoms with Gasteiger partial charge in [0.2, 0.25) is 0 Å². The Morgan fingerprint density at radius 1 is 1.33 bits per heavy atom. The largest absolute Gasteiger partial charge is 0.469 e. The van der Waals surface area contributed by atoms with Crippen LogP contribution in [0.3, 0.4) is 0 Å². The average Bonchev–Trinajstić information content (AvgIpc) is 2.92. The Morgan fingerprint density at radius 3 is 2.60 bits per heavy atom. The number of esters is 1. The van der Waals surface area contributed by atoms with Crippen molar-refractivity contribution in [3.63, 3.8) is 0 Å². The topological polar surface area (TPSA) is 44.8 Å². The first-order chi connectivity index (χ1) is 7.25. The Morgan fingerprint density at radius 2 is 2.07 bits per heavy atom. The molecule has 3 rings (SSSR count). The van der Waals surface area contributed by atoms with Gasteiger partial charge in [0.1, 0.15) is 0 Å². The molecule has 0 aromatic heterocycles. The SMILES string of the molecule is COC(=O)C1C[C@H]2C[C@H]1CC21OCCO1. The standard InChI is InChI=1S/C11H16O4/c1-13-10(12)9-5-8-4-7(9)6-11(8)14-2-3-15-11/h7-9H,2-6H2,1H3/t7-,8+,9?/m0/s1. The number of fused-ring (bicyclic) bond motifs is 3. The maximum atomic E-state index is 11.5. The monoisotopic (exact) mass is 212 g/mol. The molecule has 4 heteroatoms. The van der Waals surface area contributed by atoms with E-state index in [0.717, 1.165) is 19.3 Å². The van der Waals surface area contributed by atoms with Crippen LogP contribution in [0.1, 0.15) is 19.3 Å². The number of ether oxygens (including phenoxy) is 3. The van der Waals surface area contributed by atoms with E-state index < -0.39 is 0 Å². The summed E-state index contributed by atoms with van der Waals surface area (Å²) < 4.78 is 16.3. The number of hydrogen-bond donors (Lipinski definition) is 0. The number of hydrogen-bond acceptors (Lipinski definition) is 4. The van der Waals surface area contributed by atoms with Crippen LogP contribution in [0.25, 0.3) is 0 Å². The van der Waals surface area contributed by atoms with Gasteiger partial charge in [-0.2, -0.15) is 0 Å². The molecule has 1 heterocycles. The lowest BCUT2D eigenvalue weighted by Crippen LogP contribution is -2.40. The van der Waals surface area contributed by atoms with Gasteiger partial charge in [0.05, 0.1) is 26.2 Å². The lowest BCUT2D eigenvalue weighted by Gasteiger charge is -2.34. The number of methoxy groups -OCH3 is 1. The van der Waals surface area contributed by atoms with Crippen LogP contribution >= 0.6 is 0 Å². The third kappa shape index (κ3) is 1.24. The molecule has 2 bridgehead atoms. The lowest BCUT2D eigenvalue weighted by atomic mass is 9.85. The van der Waals surface area contributed by atoms with Crippen molar-refractivity contribution in [2.75, 3.05) is 20.3 Å². The second kappa shape index (κ2) is 3.19. The first-order valence-electron chi connectivity index (χ1n) is 5.61. The quantitative estimate of drug-likeness (QED) is 0.607. The zero-order chi connectivity index (χ0) is 10.5. The Kier molecular flexibility index (Phi) is 2.04. The van der Waals surface area contributed by atoms with Crippen LogP contribution in [-0.2, 0) is 19.0 Å². The van der Waals surface area contributed by atoms with E-state index in [4.69, 9.17) is 14.2 Å². The third-order valence-corrected chi connectivity index (χ3v) is 4.14. The molecule has 3 fully saturated rings. The van der Waals surface area contributed by atoms with E-state index in [1.165, 1.54) is 7.11 Å². The fraction of sp³-hybridized carbons (Fsp3) is 0.909. The van der Waals surface area contributed by atoms with Gasteiger partial charge in [-0.05, 0) is 18.8 Å². The third-order valence-electron chi connectivity index (χ3n) is 4.14. The Labute approximate surface area is 88.9 Å². The average molecular weight is 212 g/mol. The zero-order valence-corrected chi connectivity index (χ0v) is 8.90. The van der Waals surface area contributed by atoms with Gasteiger partial charge in [-0.3, -0.25) is 4.79 Å². The van der Waals surface area contributed by atoms with Crippen molar-refractivity contribution < 1.29 is 19.0 Å². The summed E-state index contributed by atoms with van der Waals surface area (Å²) in [6, 6.07) is 0. The minimum Gasteiger partial charge on any atom is -0.469 e. The minimum absolute atomic E-state index is 0.0599. The fourth-order valence-electron chi connectivity index (χ4n) is 3.51. The maximum absolute atomic E-state index is 11.5. The van der Waals surface area contributed by atoms with Gasteiger partial charge in [-0.25, -0.2) is 0 Å². The first kappa shape index (κ1) is 9.60. The van der Waals surface area contributed by atoms with Gasteiger partial charge in [0.15, 0.2) is 5.79 Å². The predicted octanol–water partition coefficient (Wildman–Crippen LogP) is 0.949. The summed E-state index contributed by atoms with van der Waals surface area (Å²) in [5.74, 6) is 0.485. The van der Waals surface area contributed by atoms with Crippen molar-refractivity contribution in [3.05, 3.63) is 0 Å². The van der Waals surface area contributed by atoms with Gasteiger partial charge in [0.25, 0.3) is 0 Å². The molecule has 0 N–H and O–H groups in total. The summed E-state index contributed by atoms with van der Waals surface area (Å²) in [7, 11) is 1.46. The van der Waals surface area contributed by atoms with Crippen LogP contribution in [0.15, 0.2) is 0 Å². The molecule has 2 saturated carbocycles. The van der Waals surface area contributed by atoms with E-state index in [9.17, 15) is 4.79 Å². The Hall–Kier alpha value is -0.610. The number of rotatable bonds is 1. The fourth-order valence-corrected chi connectivity index (χ4v) is 3.51. The van der Waals surface area contributed by atoms with Gasteiger partial charge < -0.3 is 14.2 Å². The molecule has 1 spiro atoms. The molecule has 0 amide bonds. The molecule has 0 aromatic carbocycles. The molecule has 1 unspecified atom stereocenters. The minimum atomic E-state index is -0.338. The smallest absolute Gasteiger partial charge is 0.308 e. The Bertz CT molecular complexity index is 282. The van der Waals surface area contributed by atoms with Crippen molar-refractivity contribution >= 4 is 5.97 Å². The van der Waals surface area contributed by atoms with E-state index in [2.05, 4.69) is 0 Å². The second-order valence-corrected chi connectivity index (χ2v) is 4.77. The van der Waals surface area contributed by atoms with Crippen molar-refractivity contribution in [3.8, 4) is 0 Å². The molecule has 15 heavy (non-hydrogen) atoms. The highest BCUT2D eigenvalue weighted by atomic mass is 16.7. The lowest BCUT2D eigenvalue weighted by molar-refractivity contribution is -0.197. The van der Waals surface area contributed by atoms with E-state index in [1.54, 1.807) is 0 Å². The van der Waals surface area contributed by atoms with Crippen molar-refractivity contribution in [2.24, 2.45) is 17.8 Å². The molecular formula is C11H16O4. The van der Waals surface area contributed by atoms with Crippen LogP contribution < -0.4 is 0 Å². The van der Waals surface area contributed by atoms with Gasteiger partial charge in [-0.15, -0.1) is 0 Å². The highest BCUT2D eigenvalue weighted by Crippen LogP contribution is 2.57. The molecule has 0 radical (unpaired) electrons. The predicted molar refractivity (Wildman–Crippen MR) is 51.0 cm³/mol. The molecule has 84 valence electrons. The van der Waals surface area contributed by atoms with Crippen molar-refractivity contribution in [2.45, 2.75) is 25.0 Å².